The molecule has 2 aliphatic heterocycles. The van der Waals surface area contributed by atoms with Crippen LogP contribution in [0.3, 0.4) is 0 Å². The third-order valence-electron chi connectivity index (χ3n) is 9.64. The second kappa shape index (κ2) is 13.4. The first kappa shape index (κ1) is 26.9. The molecule has 0 bridgehead atoms. The maximum Gasteiger partial charge on any atom is -0.00133 e. The zero-order valence-corrected chi connectivity index (χ0v) is 23.9. The number of benzene rings is 2. The van der Waals surface area contributed by atoms with E-state index >= 15 is 0 Å². The van der Waals surface area contributed by atoms with Crippen LogP contribution < -0.4 is 0 Å². The number of likely N-dealkylation sites (tertiary alicyclic amines) is 2. The van der Waals surface area contributed by atoms with E-state index in [1.807, 2.05) is 0 Å². The van der Waals surface area contributed by atoms with Crippen molar-refractivity contribution in [2.75, 3.05) is 39.3 Å². The van der Waals surface area contributed by atoms with E-state index in [9.17, 15) is 0 Å². The molecule has 1 aliphatic carbocycles. The maximum absolute atomic E-state index is 2.69. The van der Waals surface area contributed by atoms with Gasteiger partial charge >= 0.3 is 0 Å². The van der Waals surface area contributed by atoms with Gasteiger partial charge in [0.25, 0.3) is 0 Å². The van der Waals surface area contributed by atoms with E-state index in [4.69, 9.17) is 0 Å². The van der Waals surface area contributed by atoms with E-state index in [1.54, 1.807) is 22.3 Å². The normalized spacial score (nSPS) is 19.3. The van der Waals surface area contributed by atoms with Gasteiger partial charge in [-0.25, -0.2) is 0 Å². The molecule has 2 heterocycles. The standard InChI is InChI=1S/C35H52N2/c1-28-15-21-36(22-16-28)19-7-3-5-9-30-11-13-34-32(25-30)27-33-26-31(12-14-35(33)34)10-6-4-8-20-37-23-17-29(2)18-24-37/h11-14,25-26,28-29H,3-10,15-24,27H2,1-2H3. The second-order valence-electron chi connectivity index (χ2n) is 12.8. The van der Waals surface area contributed by atoms with Crippen LogP contribution in [0.1, 0.15) is 100 Å². The summed E-state index contributed by atoms with van der Waals surface area (Å²) in [5.74, 6) is 1.88. The Morgan fingerprint density at radius 1 is 0.568 bits per heavy atom. The van der Waals surface area contributed by atoms with Crippen molar-refractivity contribution in [2.24, 2.45) is 11.8 Å². The van der Waals surface area contributed by atoms with Crippen LogP contribution in [0.15, 0.2) is 36.4 Å². The summed E-state index contributed by atoms with van der Waals surface area (Å²) in [6, 6.07) is 14.7. The lowest BCUT2D eigenvalue weighted by Gasteiger charge is -2.30. The van der Waals surface area contributed by atoms with Crippen molar-refractivity contribution in [3.05, 3.63) is 58.7 Å². The second-order valence-corrected chi connectivity index (χ2v) is 12.8. The highest BCUT2D eigenvalue weighted by Crippen LogP contribution is 2.38. The molecule has 0 atom stereocenters. The van der Waals surface area contributed by atoms with Crippen LogP contribution in [0, 0.1) is 11.8 Å². The smallest absolute Gasteiger partial charge is 0.00133 e. The zero-order valence-electron chi connectivity index (χ0n) is 23.9. The van der Waals surface area contributed by atoms with E-state index in [0.29, 0.717) is 0 Å². The summed E-state index contributed by atoms with van der Waals surface area (Å²) in [5, 5.41) is 0. The molecule has 2 fully saturated rings. The molecule has 202 valence electrons. The highest BCUT2D eigenvalue weighted by atomic mass is 15.1. The molecule has 0 unspecified atom stereocenters. The van der Waals surface area contributed by atoms with E-state index in [2.05, 4.69) is 60.0 Å². The molecule has 2 heteroatoms. The number of hydrogen-bond acceptors (Lipinski definition) is 2. The van der Waals surface area contributed by atoms with Gasteiger partial charge in [-0.15, -0.1) is 0 Å². The summed E-state index contributed by atoms with van der Waals surface area (Å²) in [6.45, 7) is 12.7. The Balaban J connectivity index is 1.01. The van der Waals surface area contributed by atoms with Crippen molar-refractivity contribution >= 4 is 0 Å². The van der Waals surface area contributed by atoms with Crippen LogP contribution in [-0.2, 0) is 19.3 Å². The number of piperidine rings is 2. The minimum absolute atomic E-state index is 0.942. The average Bonchev–Trinajstić information content (AvgIpc) is 3.27. The summed E-state index contributed by atoms with van der Waals surface area (Å²) in [6.07, 6.45) is 17.3. The number of unbranched alkanes of at least 4 members (excludes halogenated alkanes) is 4. The van der Waals surface area contributed by atoms with Gasteiger partial charge in [0.1, 0.15) is 0 Å². The Bertz CT molecular complexity index is 899. The van der Waals surface area contributed by atoms with Gasteiger partial charge in [-0.3, -0.25) is 0 Å². The van der Waals surface area contributed by atoms with Crippen LogP contribution in [0.25, 0.3) is 11.1 Å². The summed E-state index contributed by atoms with van der Waals surface area (Å²) in [5.41, 5.74) is 9.18. The third kappa shape index (κ3) is 7.70. The lowest BCUT2D eigenvalue weighted by Crippen LogP contribution is -2.33. The Labute approximate surface area is 227 Å². The Morgan fingerprint density at radius 3 is 1.43 bits per heavy atom. The predicted molar refractivity (Wildman–Crippen MR) is 159 cm³/mol. The first-order valence-electron chi connectivity index (χ1n) is 15.8. The van der Waals surface area contributed by atoms with E-state index in [0.717, 1.165) is 18.3 Å². The molecular formula is C35H52N2. The van der Waals surface area contributed by atoms with Crippen LogP contribution >= 0.6 is 0 Å². The molecule has 2 aromatic rings. The predicted octanol–water partition coefficient (Wildman–Crippen LogP) is 8.15. The molecule has 0 N–H and O–H groups in total. The lowest BCUT2D eigenvalue weighted by molar-refractivity contribution is 0.189. The van der Waals surface area contributed by atoms with E-state index < -0.39 is 0 Å². The minimum Gasteiger partial charge on any atom is -0.303 e. The molecule has 0 radical (unpaired) electrons. The minimum atomic E-state index is 0.942. The summed E-state index contributed by atoms with van der Waals surface area (Å²) in [7, 11) is 0. The number of hydrogen-bond donors (Lipinski definition) is 0. The molecule has 2 nitrogen and oxygen atoms in total. The summed E-state index contributed by atoms with van der Waals surface area (Å²) in [4.78, 5) is 5.38. The quantitative estimate of drug-likeness (QED) is 0.232. The molecule has 0 saturated carbocycles. The van der Waals surface area contributed by atoms with Gasteiger partial charge in [0.2, 0.25) is 0 Å². The number of rotatable bonds is 12. The first-order chi connectivity index (χ1) is 18.1. The summed E-state index contributed by atoms with van der Waals surface area (Å²) < 4.78 is 0. The van der Waals surface area contributed by atoms with Gasteiger partial charge in [-0.2, -0.15) is 0 Å². The molecule has 0 amide bonds. The first-order valence-corrected chi connectivity index (χ1v) is 15.8. The zero-order chi connectivity index (χ0) is 25.5. The van der Waals surface area contributed by atoms with Crippen molar-refractivity contribution in [2.45, 2.75) is 97.3 Å². The number of aryl methyl sites for hydroxylation is 2. The fourth-order valence-electron chi connectivity index (χ4n) is 6.88. The fourth-order valence-corrected chi connectivity index (χ4v) is 6.88. The Kier molecular flexibility index (Phi) is 9.78. The molecule has 2 aromatic carbocycles. The largest absolute Gasteiger partial charge is 0.303 e. The number of nitrogens with zero attached hydrogens (tertiary/aromatic N) is 2. The van der Waals surface area contributed by atoms with Gasteiger partial charge in [0.05, 0.1) is 0 Å². The van der Waals surface area contributed by atoms with Crippen molar-refractivity contribution in [3.8, 4) is 11.1 Å². The van der Waals surface area contributed by atoms with E-state index in [1.165, 1.54) is 127 Å². The lowest BCUT2D eigenvalue weighted by atomic mass is 9.98. The van der Waals surface area contributed by atoms with Gasteiger partial charge in [-0.05, 0) is 155 Å². The molecule has 3 aliphatic rings. The fraction of sp³-hybridized carbons (Fsp3) is 0.657. The van der Waals surface area contributed by atoms with Crippen LogP contribution in [0.2, 0.25) is 0 Å². The van der Waals surface area contributed by atoms with Crippen molar-refractivity contribution in [3.63, 3.8) is 0 Å². The SMILES string of the molecule is CC1CCN(CCCCCc2ccc3c(c2)Cc2cc(CCCCCN4CCC(C)CC4)ccc2-3)CC1. The third-order valence-corrected chi connectivity index (χ3v) is 9.64. The molecule has 5 rings (SSSR count). The molecule has 0 spiro atoms. The topological polar surface area (TPSA) is 6.48 Å². The van der Waals surface area contributed by atoms with Crippen LogP contribution in [0.4, 0.5) is 0 Å². The van der Waals surface area contributed by atoms with Crippen LogP contribution in [-0.4, -0.2) is 49.1 Å². The molecule has 37 heavy (non-hydrogen) atoms. The highest BCUT2D eigenvalue weighted by Gasteiger charge is 2.19. The van der Waals surface area contributed by atoms with Gasteiger partial charge < -0.3 is 9.80 Å². The van der Waals surface area contributed by atoms with Crippen molar-refractivity contribution < 1.29 is 0 Å². The van der Waals surface area contributed by atoms with Crippen molar-refractivity contribution in [1.82, 2.24) is 9.80 Å². The monoisotopic (exact) mass is 500 g/mol. The molecule has 0 aromatic heterocycles. The highest BCUT2D eigenvalue weighted by molar-refractivity contribution is 5.77. The molecule has 2 saturated heterocycles. The number of fused-ring (bicyclic) bond motifs is 3. The average molecular weight is 501 g/mol. The van der Waals surface area contributed by atoms with Gasteiger partial charge in [0.15, 0.2) is 0 Å². The van der Waals surface area contributed by atoms with E-state index in [-0.39, 0.29) is 0 Å². The van der Waals surface area contributed by atoms with Crippen LogP contribution in [0.5, 0.6) is 0 Å². The maximum atomic E-state index is 2.69. The van der Waals surface area contributed by atoms with Crippen molar-refractivity contribution in [1.29, 1.82) is 0 Å². The summed E-state index contributed by atoms with van der Waals surface area (Å²) >= 11 is 0. The van der Waals surface area contributed by atoms with Gasteiger partial charge in [0, 0.05) is 0 Å². The molecular weight excluding hydrogens is 448 g/mol. The Morgan fingerprint density at radius 2 is 1.00 bits per heavy atom. The van der Waals surface area contributed by atoms with Gasteiger partial charge in [-0.1, -0.05) is 63.1 Å². The Hall–Kier alpha value is -1.64.